The van der Waals surface area contributed by atoms with Crippen molar-refractivity contribution in [2.24, 2.45) is 0 Å². The van der Waals surface area contributed by atoms with E-state index < -0.39 is 6.10 Å². The molecule has 0 heterocycles. The lowest BCUT2D eigenvalue weighted by Crippen LogP contribution is -2.05. The lowest BCUT2D eigenvalue weighted by atomic mass is 9.88. The predicted molar refractivity (Wildman–Crippen MR) is 69.1 cm³/mol. The molecule has 0 aromatic heterocycles. The molecule has 0 fully saturated rings. The van der Waals surface area contributed by atoms with Crippen molar-refractivity contribution >= 4 is 0 Å². The number of rotatable bonds is 4. The molecular weight excluding hydrogens is 212 g/mol. The van der Waals surface area contributed by atoms with Crippen molar-refractivity contribution in [3.05, 3.63) is 35.7 Å². The van der Waals surface area contributed by atoms with Crippen molar-refractivity contribution in [1.82, 2.24) is 0 Å². The normalized spacial score (nSPS) is 16.6. The number of hydrogen-bond acceptors (Lipinski definition) is 2. The van der Waals surface area contributed by atoms with Gasteiger partial charge in [0.05, 0.1) is 6.10 Å². The van der Waals surface area contributed by atoms with Gasteiger partial charge >= 0.3 is 0 Å². The minimum Gasteiger partial charge on any atom is -0.507 e. The number of aromatic hydroxyl groups is 1. The Kier molecular flexibility index (Phi) is 4.06. The summed E-state index contributed by atoms with van der Waals surface area (Å²) in [6.45, 7) is 3.56. The number of benzene rings is 1. The van der Waals surface area contributed by atoms with Crippen LogP contribution in [0.4, 0.5) is 0 Å². The number of fused-ring (bicyclic) bond motifs is 1. The SMILES string of the molecule is [CH2][C@H](O)CCCc1ccc2c(c1O)CCCC2. The van der Waals surface area contributed by atoms with Crippen LogP contribution >= 0.6 is 0 Å². The van der Waals surface area contributed by atoms with E-state index in [9.17, 15) is 5.11 Å². The van der Waals surface area contributed by atoms with Crippen LogP contribution in [-0.2, 0) is 19.3 Å². The second kappa shape index (κ2) is 5.54. The van der Waals surface area contributed by atoms with Gasteiger partial charge in [0.2, 0.25) is 0 Å². The lowest BCUT2D eigenvalue weighted by Gasteiger charge is -2.19. The van der Waals surface area contributed by atoms with Gasteiger partial charge in [-0.05, 0) is 68.6 Å². The first kappa shape index (κ1) is 12.4. The van der Waals surface area contributed by atoms with Crippen LogP contribution in [0.5, 0.6) is 5.75 Å². The summed E-state index contributed by atoms with van der Waals surface area (Å²) in [6.07, 6.45) is 6.42. The third kappa shape index (κ3) is 3.01. The molecule has 0 unspecified atom stereocenters. The van der Waals surface area contributed by atoms with Gasteiger partial charge in [-0.1, -0.05) is 12.1 Å². The van der Waals surface area contributed by atoms with Crippen LogP contribution in [0.3, 0.4) is 0 Å². The molecule has 2 nitrogen and oxygen atoms in total. The molecular formula is C15H21O2. The number of aryl methyl sites for hydroxylation is 2. The van der Waals surface area contributed by atoms with E-state index in [0.29, 0.717) is 12.2 Å². The van der Waals surface area contributed by atoms with Gasteiger partial charge in [-0.25, -0.2) is 0 Å². The Hall–Kier alpha value is -1.02. The van der Waals surface area contributed by atoms with Crippen molar-refractivity contribution in [3.63, 3.8) is 0 Å². The Morgan fingerprint density at radius 1 is 1.24 bits per heavy atom. The summed E-state index contributed by atoms with van der Waals surface area (Å²) in [4.78, 5) is 0. The van der Waals surface area contributed by atoms with Crippen LogP contribution in [-0.4, -0.2) is 16.3 Å². The Bertz CT molecular complexity index is 383. The molecule has 1 aromatic rings. The molecule has 1 aliphatic rings. The molecule has 0 spiro atoms. The topological polar surface area (TPSA) is 40.5 Å². The monoisotopic (exact) mass is 233 g/mol. The van der Waals surface area contributed by atoms with E-state index in [2.05, 4.69) is 13.0 Å². The maximum Gasteiger partial charge on any atom is 0.122 e. The Balaban J connectivity index is 2.08. The maximum atomic E-state index is 10.2. The molecule has 17 heavy (non-hydrogen) atoms. The van der Waals surface area contributed by atoms with Crippen molar-refractivity contribution in [2.75, 3.05) is 0 Å². The average Bonchev–Trinajstić information content (AvgIpc) is 2.32. The predicted octanol–water partition coefficient (Wildman–Crippen LogP) is 2.79. The molecule has 2 heteroatoms. The zero-order chi connectivity index (χ0) is 12.3. The van der Waals surface area contributed by atoms with Gasteiger partial charge in [0, 0.05) is 0 Å². The molecule has 0 aliphatic heterocycles. The van der Waals surface area contributed by atoms with Gasteiger partial charge < -0.3 is 10.2 Å². The molecule has 2 N–H and O–H groups in total. The molecule has 1 radical (unpaired) electrons. The first-order valence-corrected chi connectivity index (χ1v) is 6.52. The molecule has 1 aliphatic carbocycles. The first-order chi connectivity index (χ1) is 8.18. The number of aliphatic hydroxyl groups is 1. The number of hydrogen-bond donors (Lipinski definition) is 2. The molecule has 93 valence electrons. The van der Waals surface area contributed by atoms with E-state index in [1.165, 1.54) is 18.4 Å². The summed E-state index contributed by atoms with van der Waals surface area (Å²) in [6, 6.07) is 4.19. The summed E-state index contributed by atoms with van der Waals surface area (Å²) in [5.74, 6) is 0.501. The minimum absolute atomic E-state index is 0.491. The largest absolute Gasteiger partial charge is 0.507 e. The maximum absolute atomic E-state index is 10.2. The van der Waals surface area contributed by atoms with Gasteiger partial charge in [0.15, 0.2) is 0 Å². The van der Waals surface area contributed by atoms with Gasteiger partial charge in [-0.2, -0.15) is 0 Å². The fraction of sp³-hybridized carbons (Fsp3) is 0.533. The molecule has 1 atom stereocenters. The smallest absolute Gasteiger partial charge is 0.122 e. The van der Waals surface area contributed by atoms with Crippen molar-refractivity contribution in [3.8, 4) is 5.75 Å². The van der Waals surface area contributed by atoms with Crippen LogP contribution in [0.15, 0.2) is 12.1 Å². The minimum atomic E-state index is -0.491. The molecule has 0 bridgehead atoms. The van der Waals surface area contributed by atoms with Gasteiger partial charge in [-0.15, -0.1) is 0 Å². The quantitative estimate of drug-likeness (QED) is 0.839. The third-order valence-corrected chi connectivity index (χ3v) is 3.57. The van der Waals surface area contributed by atoms with Crippen LogP contribution in [0, 0.1) is 6.92 Å². The van der Waals surface area contributed by atoms with Gasteiger partial charge in [0.1, 0.15) is 5.75 Å². The summed E-state index contributed by atoms with van der Waals surface area (Å²) in [7, 11) is 0. The Morgan fingerprint density at radius 3 is 2.76 bits per heavy atom. The Morgan fingerprint density at radius 2 is 2.00 bits per heavy atom. The fourth-order valence-electron chi connectivity index (χ4n) is 2.59. The van der Waals surface area contributed by atoms with E-state index in [0.717, 1.165) is 36.8 Å². The lowest BCUT2D eigenvalue weighted by molar-refractivity contribution is 0.207. The van der Waals surface area contributed by atoms with E-state index in [-0.39, 0.29) is 0 Å². The van der Waals surface area contributed by atoms with Crippen molar-refractivity contribution < 1.29 is 10.2 Å². The highest BCUT2D eigenvalue weighted by Crippen LogP contribution is 2.32. The molecule has 0 saturated heterocycles. The highest BCUT2D eigenvalue weighted by atomic mass is 16.3. The van der Waals surface area contributed by atoms with Crippen LogP contribution in [0.25, 0.3) is 0 Å². The summed E-state index contributed by atoms with van der Waals surface area (Å²) < 4.78 is 0. The molecule has 0 amide bonds. The summed E-state index contributed by atoms with van der Waals surface area (Å²) in [5.41, 5.74) is 3.49. The highest BCUT2D eigenvalue weighted by molar-refractivity contribution is 5.46. The molecule has 2 rings (SSSR count). The van der Waals surface area contributed by atoms with Gasteiger partial charge in [-0.3, -0.25) is 0 Å². The van der Waals surface area contributed by atoms with Crippen LogP contribution < -0.4 is 0 Å². The second-order valence-electron chi connectivity index (χ2n) is 4.96. The van der Waals surface area contributed by atoms with Gasteiger partial charge in [0.25, 0.3) is 0 Å². The summed E-state index contributed by atoms with van der Waals surface area (Å²) in [5, 5.41) is 19.3. The van der Waals surface area contributed by atoms with E-state index in [1.807, 2.05) is 6.07 Å². The molecule has 1 aromatic carbocycles. The molecule has 0 saturated carbocycles. The number of phenols is 1. The standard InChI is InChI=1S/C15H21O2/c1-11(16)5-4-7-13-10-9-12-6-2-3-8-14(12)15(13)17/h9-11,16-17H,1-8H2/t11-/m0/s1. The fourth-order valence-corrected chi connectivity index (χ4v) is 2.59. The van der Waals surface area contributed by atoms with Crippen LogP contribution in [0.1, 0.15) is 42.4 Å². The zero-order valence-electron chi connectivity index (χ0n) is 10.3. The second-order valence-corrected chi connectivity index (χ2v) is 4.96. The van der Waals surface area contributed by atoms with Crippen molar-refractivity contribution in [1.29, 1.82) is 0 Å². The average molecular weight is 233 g/mol. The zero-order valence-corrected chi connectivity index (χ0v) is 10.3. The van der Waals surface area contributed by atoms with E-state index in [1.54, 1.807) is 0 Å². The van der Waals surface area contributed by atoms with E-state index >= 15 is 0 Å². The number of aliphatic hydroxyl groups excluding tert-OH is 1. The highest BCUT2D eigenvalue weighted by Gasteiger charge is 2.15. The first-order valence-electron chi connectivity index (χ1n) is 6.52. The summed E-state index contributed by atoms with van der Waals surface area (Å²) >= 11 is 0. The number of phenolic OH excluding ortho intramolecular Hbond substituents is 1. The van der Waals surface area contributed by atoms with Crippen molar-refractivity contribution in [2.45, 2.75) is 51.0 Å². The third-order valence-electron chi connectivity index (χ3n) is 3.57. The Labute approximate surface area is 103 Å². The van der Waals surface area contributed by atoms with Crippen LogP contribution in [0.2, 0.25) is 0 Å². The van der Waals surface area contributed by atoms with E-state index in [4.69, 9.17) is 5.11 Å².